The van der Waals surface area contributed by atoms with Crippen LogP contribution in [0.5, 0.6) is 5.75 Å². The molecule has 0 saturated carbocycles. The molecule has 1 aromatic carbocycles. The van der Waals surface area contributed by atoms with Gasteiger partial charge in [0.2, 0.25) is 0 Å². The summed E-state index contributed by atoms with van der Waals surface area (Å²) in [6.07, 6.45) is 1.11. The minimum atomic E-state index is 0. The second-order valence-corrected chi connectivity index (χ2v) is 5.78. The van der Waals surface area contributed by atoms with Crippen LogP contribution in [0, 0.1) is 6.92 Å². The maximum atomic E-state index is 5.73. The van der Waals surface area contributed by atoms with E-state index in [2.05, 4.69) is 59.5 Å². The maximum Gasteiger partial charge on any atom is 0.191 e. The second kappa shape index (κ2) is 14.2. The average Bonchev–Trinajstić information content (AvgIpc) is 2.59. The lowest BCUT2D eigenvalue weighted by molar-refractivity contribution is 0.300. The summed E-state index contributed by atoms with van der Waals surface area (Å²) < 4.78 is 5.73. The molecule has 0 saturated heterocycles. The van der Waals surface area contributed by atoms with Crippen LogP contribution in [-0.2, 0) is 6.54 Å². The summed E-state index contributed by atoms with van der Waals surface area (Å²) in [5.41, 5.74) is 2.36. The Morgan fingerprint density at radius 3 is 2.48 bits per heavy atom. The van der Waals surface area contributed by atoms with E-state index in [0.717, 1.165) is 49.9 Å². The number of halogens is 1. The van der Waals surface area contributed by atoms with Crippen LogP contribution in [0.4, 0.5) is 0 Å². The van der Waals surface area contributed by atoms with Gasteiger partial charge >= 0.3 is 0 Å². The highest BCUT2D eigenvalue weighted by molar-refractivity contribution is 14.0. The molecule has 0 aliphatic heterocycles. The smallest absolute Gasteiger partial charge is 0.191 e. The van der Waals surface area contributed by atoms with Gasteiger partial charge in [-0.3, -0.25) is 4.99 Å². The number of hydrogen-bond acceptors (Lipinski definition) is 3. The number of nitrogens with zero attached hydrogens (tertiary/aromatic N) is 2. The summed E-state index contributed by atoms with van der Waals surface area (Å²) in [5.74, 6) is 1.78. The molecule has 0 bridgehead atoms. The Kier molecular flexibility index (Phi) is 13.6. The summed E-state index contributed by atoms with van der Waals surface area (Å²) in [4.78, 5) is 6.72. The molecule has 0 unspecified atom stereocenters. The Hall–Kier alpha value is -1.02. The summed E-state index contributed by atoms with van der Waals surface area (Å²) in [7, 11) is 1.80. The molecule has 1 aromatic rings. The van der Waals surface area contributed by atoms with Crippen LogP contribution >= 0.6 is 24.0 Å². The van der Waals surface area contributed by atoms with E-state index in [-0.39, 0.29) is 24.0 Å². The number of guanidine groups is 1. The topological polar surface area (TPSA) is 48.9 Å². The van der Waals surface area contributed by atoms with Crippen molar-refractivity contribution in [1.29, 1.82) is 0 Å². The minimum Gasteiger partial charge on any atom is -0.494 e. The quantitative estimate of drug-likeness (QED) is 0.242. The molecule has 0 atom stereocenters. The number of benzene rings is 1. The van der Waals surface area contributed by atoms with Gasteiger partial charge in [0.25, 0.3) is 0 Å². The van der Waals surface area contributed by atoms with Crippen LogP contribution in [0.1, 0.15) is 38.3 Å². The first-order valence-corrected chi connectivity index (χ1v) is 9.03. The Balaban J connectivity index is 0.00000576. The first-order valence-electron chi connectivity index (χ1n) is 9.03. The first kappa shape index (κ1) is 24.0. The van der Waals surface area contributed by atoms with Crippen LogP contribution < -0.4 is 15.4 Å². The van der Waals surface area contributed by atoms with Crippen molar-refractivity contribution in [2.75, 3.05) is 39.8 Å². The third kappa shape index (κ3) is 9.30. The van der Waals surface area contributed by atoms with Gasteiger partial charge in [0.15, 0.2) is 5.96 Å². The Morgan fingerprint density at radius 1 is 1.16 bits per heavy atom. The highest BCUT2D eigenvalue weighted by Gasteiger charge is 2.05. The van der Waals surface area contributed by atoms with E-state index >= 15 is 0 Å². The van der Waals surface area contributed by atoms with Crippen molar-refractivity contribution in [3.63, 3.8) is 0 Å². The van der Waals surface area contributed by atoms with E-state index in [9.17, 15) is 0 Å². The van der Waals surface area contributed by atoms with Gasteiger partial charge in [-0.15, -0.1) is 24.0 Å². The van der Waals surface area contributed by atoms with Gasteiger partial charge in [-0.25, -0.2) is 0 Å². The lowest BCUT2D eigenvalue weighted by atomic mass is 10.1. The van der Waals surface area contributed by atoms with Crippen molar-refractivity contribution in [1.82, 2.24) is 15.5 Å². The Bertz CT molecular complexity index is 504. The zero-order valence-corrected chi connectivity index (χ0v) is 18.7. The van der Waals surface area contributed by atoms with Crippen molar-refractivity contribution in [2.24, 2.45) is 4.99 Å². The van der Waals surface area contributed by atoms with E-state index in [1.54, 1.807) is 7.05 Å². The first-order chi connectivity index (χ1) is 11.6. The second-order valence-electron chi connectivity index (χ2n) is 5.78. The van der Waals surface area contributed by atoms with E-state index in [1.807, 2.05) is 6.92 Å². The van der Waals surface area contributed by atoms with Crippen LogP contribution in [0.25, 0.3) is 0 Å². The Labute approximate surface area is 170 Å². The van der Waals surface area contributed by atoms with Crippen LogP contribution in [0.3, 0.4) is 0 Å². The normalized spacial score (nSPS) is 11.2. The number of aliphatic imine (C=N–C) groups is 1. The van der Waals surface area contributed by atoms with Gasteiger partial charge in [0.1, 0.15) is 5.75 Å². The molecule has 144 valence electrons. The molecule has 0 aromatic heterocycles. The predicted molar refractivity (Wildman–Crippen MR) is 118 cm³/mol. The molecule has 0 fully saturated rings. The van der Waals surface area contributed by atoms with E-state index in [1.165, 1.54) is 5.56 Å². The SMILES string of the molecule is CCOc1cc(C)ccc1CNC(=NC)NCCCN(CC)CC.I. The van der Waals surface area contributed by atoms with Gasteiger partial charge in [0.05, 0.1) is 6.61 Å². The molecule has 0 spiro atoms. The molecule has 25 heavy (non-hydrogen) atoms. The maximum absolute atomic E-state index is 5.73. The summed E-state index contributed by atoms with van der Waals surface area (Å²) in [6, 6.07) is 6.31. The fraction of sp³-hybridized carbons (Fsp3) is 0.632. The lowest BCUT2D eigenvalue weighted by Crippen LogP contribution is -2.38. The van der Waals surface area contributed by atoms with Crippen LogP contribution in [0.15, 0.2) is 23.2 Å². The number of aryl methyl sites for hydroxylation is 1. The fourth-order valence-corrected chi connectivity index (χ4v) is 2.55. The molecule has 1 rings (SSSR count). The van der Waals surface area contributed by atoms with E-state index in [4.69, 9.17) is 4.74 Å². The molecule has 0 aliphatic carbocycles. The third-order valence-electron chi connectivity index (χ3n) is 4.03. The lowest BCUT2D eigenvalue weighted by Gasteiger charge is -2.18. The highest BCUT2D eigenvalue weighted by Crippen LogP contribution is 2.20. The van der Waals surface area contributed by atoms with E-state index < -0.39 is 0 Å². The standard InChI is InChI=1S/C19H34N4O.HI/c1-6-23(7-2)13-9-12-21-19(20-5)22-15-17-11-10-16(4)14-18(17)24-8-3;/h10-11,14H,6-9,12-13,15H2,1-5H3,(H2,20,21,22);1H. The Morgan fingerprint density at radius 2 is 1.88 bits per heavy atom. The van der Waals surface area contributed by atoms with Crippen LogP contribution in [-0.4, -0.2) is 50.7 Å². The van der Waals surface area contributed by atoms with Gasteiger partial charge in [0, 0.05) is 25.7 Å². The van der Waals surface area contributed by atoms with Crippen molar-refractivity contribution in [3.8, 4) is 5.75 Å². The zero-order chi connectivity index (χ0) is 17.8. The minimum absolute atomic E-state index is 0. The summed E-state index contributed by atoms with van der Waals surface area (Å²) in [6.45, 7) is 14.1. The monoisotopic (exact) mass is 462 g/mol. The molecule has 0 heterocycles. The summed E-state index contributed by atoms with van der Waals surface area (Å²) in [5, 5.41) is 6.74. The van der Waals surface area contributed by atoms with Crippen molar-refractivity contribution in [3.05, 3.63) is 29.3 Å². The van der Waals surface area contributed by atoms with Gasteiger partial charge < -0.3 is 20.3 Å². The number of rotatable bonds is 10. The molecule has 5 nitrogen and oxygen atoms in total. The third-order valence-corrected chi connectivity index (χ3v) is 4.03. The van der Waals surface area contributed by atoms with Crippen molar-refractivity contribution in [2.45, 2.75) is 40.7 Å². The van der Waals surface area contributed by atoms with Gasteiger partial charge in [-0.1, -0.05) is 26.0 Å². The molecular weight excluding hydrogens is 427 g/mol. The molecule has 0 radical (unpaired) electrons. The fourth-order valence-electron chi connectivity index (χ4n) is 2.55. The molecule has 2 N–H and O–H groups in total. The van der Waals surface area contributed by atoms with Crippen LogP contribution in [0.2, 0.25) is 0 Å². The average molecular weight is 462 g/mol. The highest BCUT2D eigenvalue weighted by atomic mass is 127. The molecule has 0 aliphatic rings. The van der Waals surface area contributed by atoms with E-state index in [0.29, 0.717) is 13.2 Å². The molecule has 6 heteroatoms. The van der Waals surface area contributed by atoms with Crippen molar-refractivity contribution >= 4 is 29.9 Å². The zero-order valence-electron chi connectivity index (χ0n) is 16.4. The predicted octanol–water partition coefficient (Wildman–Crippen LogP) is 3.41. The van der Waals surface area contributed by atoms with Crippen molar-refractivity contribution < 1.29 is 4.74 Å². The number of nitrogens with one attached hydrogen (secondary N) is 2. The molecular formula is C19H35IN4O. The molecule has 0 amide bonds. The summed E-state index contributed by atoms with van der Waals surface area (Å²) >= 11 is 0. The number of ether oxygens (including phenoxy) is 1. The largest absolute Gasteiger partial charge is 0.494 e. The number of hydrogen-bond donors (Lipinski definition) is 2. The van der Waals surface area contributed by atoms with Gasteiger partial charge in [-0.2, -0.15) is 0 Å². The van der Waals surface area contributed by atoms with Gasteiger partial charge in [-0.05, 0) is 51.5 Å².